The molecule has 0 unspecified atom stereocenters. The van der Waals surface area contributed by atoms with Crippen LogP contribution in [-0.4, -0.2) is 30.1 Å². The topological polar surface area (TPSA) is 66.4 Å². The minimum atomic E-state index is -6.69. The van der Waals surface area contributed by atoms with Crippen LogP contribution in [0.5, 0.6) is 0 Å². The lowest BCUT2D eigenvalue weighted by molar-refractivity contribution is -0.409. The van der Waals surface area contributed by atoms with Crippen molar-refractivity contribution in [3.63, 3.8) is 0 Å². The Morgan fingerprint density at radius 3 is 1.77 bits per heavy atom. The first-order valence-corrected chi connectivity index (χ1v) is 5.17. The summed E-state index contributed by atoms with van der Waals surface area (Å²) in [4.78, 5) is 21.9. The molecule has 0 aliphatic rings. The van der Waals surface area contributed by atoms with E-state index in [-0.39, 0.29) is 0 Å². The number of alkyl halides is 7. The maximum atomic E-state index is 12.9. The lowest BCUT2D eigenvalue weighted by Gasteiger charge is -2.27. The molecule has 0 aliphatic carbocycles. The van der Waals surface area contributed by atoms with Crippen LogP contribution in [0.4, 0.5) is 30.7 Å². The molecule has 0 N–H and O–H groups in total. The van der Waals surface area contributed by atoms with E-state index in [2.05, 4.69) is 4.74 Å². The van der Waals surface area contributed by atoms with Crippen molar-refractivity contribution >= 4 is 11.9 Å². The maximum Gasteiger partial charge on any atom is 0.476 e. The SMILES string of the molecule is O=C([O-])c1ccccc1C(=O)OC(F)(F)C(F)(F)C(F)(F)F. The predicted molar refractivity (Wildman–Crippen MR) is 52.1 cm³/mol. The molecular formula is C11H4F7O4-. The van der Waals surface area contributed by atoms with E-state index in [9.17, 15) is 45.4 Å². The fraction of sp³-hybridized carbons (Fsp3) is 0.273. The molecule has 11 heteroatoms. The molecule has 0 saturated heterocycles. The van der Waals surface area contributed by atoms with Gasteiger partial charge in [0.15, 0.2) is 0 Å². The first-order chi connectivity index (χ1) is 9.81. The van der Waals surface area contributed by atoms with Gasteiger partial charge < -0.3 is 14.6 Å². The normalized spacial score (nSPS) is 12.9. The van der Waals surface area contributed by atoms with Gasteiger partial charge in [0.05, 0.1) is 11.5 Å². The van der Waals surface area contributed by atoms with Crippen LogP contribution in [-0.2, 0) is 4.74 Å². The summed E-state index contributed by atoms with van der Waals surface area (Å²) in [7, 11) is 0. The first-order valence-electron chi connectivity index (χ1n) is 5.17. The number of ether oxygens (including phenoxy) is 1. The van der Waals surface area contributed by atoms with Gasteiger partial charge in [-0.2, -0.15) is 30.7 Å². The molecule has 0 fully saturated rings. The average Bonchev–Trinajstić information content (AvgIpc) is 2.36. The second-order valence-corrected chi connectivity index (χ2v) is 3.81. The third-order valence-corrected chi connectivity index (χ3v) is 2.31. The minimum absolute atomic E-state index is 0.579. The second-order valence-electron chi connectivity index (χ2n) is 3.81. The summed E-state index contributed by atoms with van der Waals surface area (Å²) < 4.78 is 89.4. The van der Waals surface area contributed by atoms with Gasteiger partial charge in [-0.15, -0.1) is 0 Å². The number of hydrogen-bond acceptors (Lipinski definition) is 4. The van der Waals surface area contributed by atoms with E-state index in [1.807, 2.05) is 0 Å². The van der Waals surface area contributed by atoms with E-state index in [0.29, 0.717) is 12.1 Å². The summed E-state index contributed by atoms with van der Waals surface area (Å²) in [5.74, 6) is -11.1. The van der Waals surface area contributed by atoms with Crippen molar-refractivity contribution < 1.29 is 50.2 Å². The van der Waals surface area contributed by atoms with Crippen LogP contribution in [0.2, 0.25) is 0 Å². The number of aromatic carboxylic acids is 1. The largest absolute Gasteiger partial charge is 0.545 e. The molecule has 4 nitrogen and oxygen atoms in total. The zero-order valence-corrected chi connectivity index (χ0v) is 10.1. The van der Waals surface area contributed by atoms with Gasteiger partial charge in [-0.3, -0.25) is 0 Å². The first kappa shape index (κ1) is 17.7. The maximum absolute atomic E-state index is 12.9. The Kier molecular flexibility index (Phi) is 4.40. The number of carboxylic acid groups (broad SMARTS) is 1. The van der Waals surface area contributed by atoms with Crippen LogP contribution < -0.4 is 5.11 Å². The number of benzene rings is 1. The zero-order valence-electron chi connectivity index (χ0n) is 10.1. The minimum Gasteiger partial charge on any atom is -0.545 e. The number of halogens is 7. The van der Waals surface area contributed by atoms with Gasteiger partial charge in [0.1, 0.15) is 0 Å². The Morgan fingerprint density at radius 2 is 1.36 bits per heavy atom. The van der Waals surface area contributed by atoms with Crippen molar-refractivity contribution in [1.82, 2.24) is 0 Å². The number of carboxylic acids is 1. The Morgan fingerprint density at radius 1 is 0.909 bits per heavy atom. The molecule has 0 bridgehead atoms. The molecule has 0 aromatic heterocycles. The Hall–Kier alpha value is -2.33. The van der Waals surface area contributed by atoms with Crippen molar-refractivity contribution in [2.24, 2.45) is 0 Å². The van der Waals surface area contributed by atoms with E-state index >= 15 is 0 Å². The highest BCUT2D eigenvalue weighted by Crippen LogP contribution is 2.47. The van der Waals surface area contributed by atoms with Gasteiger partial charge in [-0.05, 0) is 6.07 Å². The number of carbonyl (C=O) groups excluding carboxylic acids is 2. The zero-order chi connectivity index (χ0) is 17.3. The molecule has 0 amide bonds. The Bertz CT molecular complexity index is 594. The lowest BCUT2D eigenvalue weighted by Crippen LogP contribution is -2.54. The summed E-state index contributed by atoms with van der Waals surface area (Å²) in [5.41, 5.74) is -2.18. The van der Waals surface area contributed by atoms with Crippen molar-refractivity contribution in [3.05, 3.63) is 35.4 Å². The highest BCUT2D eigenvalue weighted by molar-refractivity contribution is 6.01. The summed E-state index contributed by atoms with van der Waals surface area (Å²) in [6.45, 7) is 0. The van der Waals surface area contributed by atoms with Crippen molar-refractivity contribution in [1.29, 1.82) is 0 Å². The van der Waals surface area contributed by atoms with Crippen LogP contribution in [0.3, 0.4) is 0 Å². The molecule has 0 spiro atoms. The van der Waals surface area contributed by atoms with Gasteiger partial charge in [0.25, 0.3) is 0 Å². The summed E-state index contributed by atoms with van der Waals surface area (Å²) in [6.07, 6.45) is -12.9. The molecule has 0 atom stereocenters. The van der Waals surface area contributed by atoms with E-state index in [1.165, 1.54) is 0 Å². The van der Waals surface area contributed by atoms with Gasteiger partial charge in [-0.25, -0.2) is 4.79 Å². The Labute approximate surface area is 117 Å². The van der Waals surface area contributed by atoms with E-state index in [4.69, 9.17) is 0 Å². The van der Waals surface area contributed by atoms with Gasteiger partial charge in [-0.1, -0.05) is 18.2 Å². The van der Waals surface area contributed by atoms with Crippen molar-refractivity contribution in [2.75, 3.05) is 0 Å². The van der Waals surface area contributed by atoms with Crippen LogP contribution >= 0.6 is 0 Å². The van der Waals surface area contributed by atoms with Crippen LogP contribution in [0.15, 0.2) is 24.3 Å². The Balaban J connectivity index is 3.15. The lowest BCUT2D eigenvalue weighted by atomic mass is 10.1. The average molecular weight is 333 g/mol. The molecule has 122 valence electrons. The summed E-state index contributed by atoms with van der Waals surface area (Å²) in [5, 5.41) is 10.6. The monoisotopic (exact) mass is 333 g/mol. The molecule has 0 aliphatic heterocycles. The number of carbonyl (C=O) groups is 2. The highest BCUT2D eigenvalue weighted by Gasteiger charge is 2.76. The quantitative estimate of drug-likeness (QED) is 0.624. The molecule has 1 aromatic carbocycles. The highest BCUT2D eigenvalue weighted by atomic mass is 19.4. The second kappa shape index (κ2) is 5.46. The van der Waals surface area contributed by atoms with Crippen LogP contribution in [0.1, 0.15) is 20.7 Å². The predicted octanol–water partition coefficient (Wildman–Crippen LogP) is 2.00. The van der Waals surface area contributed by atoms with Crippen molar-refractivity contribution in [2.45, 2.75) is 18.2 Å². The molecule has 0 radical (unpaired) electrons. The van der Waals surface area contributed by atoms with Crippen LogP contribution in [0, 0.1) is 0 Å². The van der Waals surface area contributed by atoms with E-state index in [0.717, 1.165) is 12.1 Å². The molecule has 1 aromatic rings. The van der Waals surface area contributed by atoms with Gasteiger partial charge >= 0.3 is 24.2 Å². The standard InChI is InChI=1S/C11H5F7O4/c12-9(13,10(14,15)16)11(17,18)22-8(21)6-4-2-1-3-5(6)7(19)20/h1-4H,(H,19,20)/p-1. The molecule has 0 saturated carbocycles. The smallest absolute Gasteiger partial charge is 0.476 e. The number of esters is 1. The summed E-state index contributed by atoms with van der Waals surface area (Å²) in [6, 6.07) is 3.24. The molecule has 0 heterocycles. The fourth-order valence-corrected chi connectivity index (χ4v) is 1.24. The molecule has 1 rings (SSSR count). The van der Waals surface area contributed by atoms with Crippen molar-refractivity contribution in [3.8, 4) is 0 Å². The molecule has 22 heavy (non-hydrogen) atoms. The summed E-state index contributed by atoms with van der Waals surface area (Å²) >= 11 is 0. The van der Waals surface area contributed by atoms with E-state index < -0.39 is 41.3 Å². The third kappa shape index (κ3) is 3.12. The number of rotatable bonds is 4. The van der Waals surface area contributed by atoms with Gasteiger partial charge in [0, 0.05) is 5.56 Å². The number of hydrogen-bond donors (Lipinski definition) is 0. The van der Waals surface area contributed by atoms with Crippen LogP contribution in [0.25, 0.3) is 0 Å². The van der Waals surface area contributed by atoms with E-state index in [1.54, 1.807) is 0 Å². The third-order valence-electron chi connectivity index (χ3n) is 2.31. The fourth-order valence-electron chi connectivity index (χ4n) is 1.24. The molecular weight excluding hydrogens is 329 g/mol. The van der Waals surface area contributed by atoms with Gasteiger partial charge in [0.2, 0.25) is 0 Å².